The highest BCUT2D eigenvalue weighted by Gasteiger charge is 2.48. The number of carbonyl (C=O) groups is 2. The Morgan fingerprint density at radius 1 is 1.16 bits per heavy atom. The lowest BCUT2D eigenvalue weighted by atomic mass is 9.66. The van der Waals surface area contributed by atoms with Gasteiger partial charge in [-0.05, 0) is 62.7 Å². The molecule has 2 fully saturated rings. The summed E-state index contributed by atoms with van der Waals surface area (Å²) in [4.78, 5) is 28.8. The fraction of sp³-hybridized carbons (Fsp3) is 0.600. The summed E-state index contributed by atoms with van der Waals surface area (Å²) in [5.41, 5.74) is 7.91. The average Bonchev–Trinajstić information content (AvgIpc) is 2.57. The first-order valence-corrected chi connectivity index (χ1v) is 9.25. The van der Waals surface area contributed by atoms with Gasteiger partial charge in [0.05, 0.1) is 12.5 Å². The third-order valence-electron chi connectivity index (χ3n) is 6.19. The zero-order valence-corrected chi connectivity index (χ0v) is 15.3. The van der Waals surface area contributed by atoms with Crippen LogP contribution in [0, 0.1) is 12.3 Å². The van der Waals surface area contributed by atoms with Gasteiger partial charge in [-0.25, -0.2) is 0 Å². The summed E-state index contributed by atoms with van der Waals surface area (Å²) >= 11 is 0. The Labute approximate surface area is 150 Å². The summed E-state index contributed by atoms with van der Waals surface area (Å²) < 4.78 is 0. The molecule has 2 heterocycles. The Bertz CT molecular complexity index is 650. The van der Waals surface area contributed by atoms with Crippen molar-refractivity contribution in [1.29, 1.82) is 0 Å². The maximum atomic E-state index is 12.7. The molecule has 1 spiro atoms. The van der Waals surface area contributed by atoms with E-state index in [4.69, 9.17) is 5.73 Å². The summed E-state index contributed by atoms with van der Waals surface area (Å²) in [7, 11) is 1.99. The van der Waals surface area contributed by atoms with Gasteiger partial charge in [-0.1, -0.05) is 24.3 Å². The highest BCUT2D eigenvalue weighted by atomic mass is 16.2. The minimum atomic E-state index is -0.220. The molecule has 0 radical (unpaired) electrons. The molecule has 2 aliphatic heterocycles. The number of rotatable bonds is 3. The Balaban J connectivity index is 1.65. The number of primary amides is 1. The number of benzene rings is 1. The molecule has 2 N–H and O–H groups in total. The van der Waals surface area contributed by atoms with Crippen molar-refractivity contribution in [3.05, 3.63) is 35.4 Å². The number of aryl methyl sites for hydroxylation is 1. The molecule has 0 saturated carbocycles. The summed E-state index contributed by atoms with van der Waals surface area (Å²) in [5.74, 6) is -0.0363. The fourth-order valence-electron chi connectivity index (χ4n) is 4.74. The van der Waals surface area contributed by atoms with Gasteiger partial charge in [-0.15, -0.1) is 0 Å². The van der Waals surface area contributed by atoms with E-state index in [0.29, 0.717) is 6.42 Å². The van der Waals surface area contributed by atoms with Crippen LogP contribution in [-0.2, 0) is 16.0 Å². The van der Waals surface area contributed by atoms with Crippen LogP contribution in [0.5, 0.6) is 0 Å². The van der Waals surface area contributed by atoms with Crippen LogP contribution in [-0.4, -0.2) is 54.3 Å². The normalized spacial score (nSPS) is 23.6. The predicted octanol–water partition coefficient (Wildman–Crippen LogP) is 1.73. The lowest BCUT2D eigenvalue weighted by Crippen LogP contribution is -2.60. The molecule has 5 heteroatoms. The molecule has 25 heavy (non-hydrogen) atoms. The molecule has 2 amide bonds. The molecule has 2 aliphatic rings. The second-order valence-corrected chi connectivity index (χ2v) is 7.74. The van der Waals surface area contributed by atoms with Gasteiger partial charge in [0.25, 0.3) is 0 Å². The van der Waals surface area contributed by atoms with Crippen LogP contribution in [0.15, 0.2) is 24.3 Å². The molecular formula is C20H29N3O2. The molecular weight excluding hydrogens is 314 g/mol. The fourth-order valence-corrected chi connectivity index (χ4v) is 4.74. The average molecular weight is 343 g/mol. The zero-order valence-electron chi connectivity index (χ0n) is 15.3. The Hall–Kier alpha value is -1.88. The minimum Gasteiger partial charge on any atom is -0.368 e. The van der Waals surface area contributed by atoms with Gasteiger partial charge in [0, 0.05) is 13.1 Å². The van der Waals surface area contributed by atoms with E-state index in [9.17, 15) is 9.59 Å². The number of likely N-dealkylation sites (N-methyl/N-ethyl adjacent to an activating group) is 1. The zero-order chi connectivity index (χ0) is 18.0. The van der Waals surface area contributed by atoms with Crippen LogP contribution in [0.2, 0.25) is 0 Å². The van der Waals surface area contributed by atoms with Gasteiger partial charge < -0.3 is 10.6 Å². The van der Waals surface area contributed by atoms with E-state index in [1.165, 1.54) is 0 Å². The minimum absolute atomic E-state index is 0.0573. The molecule has 0 bridgehead atoms. The first-order chi connectivity index (χ1) is 11.9. The standard InChI is InChI=1S/C20H29N3O2/c1-15-6-3-4-7-16(15)14-17(24)23-12-9-20(10-13-23)8-5-11-22(2)18(20)19(21)25/h3-4,6-7,18H,5,8-14H2,1-2H3,(H2,21,25). The first kappa shape index (κ1) is 17.9. The number of hydrogen-bond acceptors (Lipinski definition) is 3. The lowest BCUT2D eigenvalue weighted by molar-refractivity contribution is -0.138. The van der Waals surface area contributed by atoms with E-state index in [1.54, 1.807) is 0 Å². The van der Waals surface area contributed by atoms with E-state index in [2.05, 4.69) is 4.90 Å². The van der Waals surface area contributed by atoms with Gasteiger partial charge in [-0.2, -0.15) is 0 Å². The highest BCUT2D eigenvalue weighted by molar-refractivity contribution is 5.81. The molecule has 1 aromatic rings. The summed E-state index contributed by atoms with van der Waals surface area (Å²) in [6.07, 6.45) is 4.32. The summed E-state index contributed by atoms with van der Waals surface area (Å²) in [5, 5.41) is 0. The second kappa shape index (κ2) is 7.16. The van der Waals surface area contributed by atoms with Crippen LogP contribution >= 0.6 is 0 Å². The molecule has 1 atom stereocenters. The summed E-state index contributed by atoms with van der Waals surface area (Å²) in [6, 6.07) is 7.85. The Kier molecular flexibility index (Phi) is 5.13. The monoisotopic (exact) mass is 343 g/mol. The maximum Gasteiger partial charge on any atom is 0.235 e. The van der Waals surface area contributed by atoms with Gasteiger partial charge in [-0.3, -0.25) is 14.5 Å². The quantitative estimate of drug-likeness (QED) is 0.909. The molecule has 5 nitrogen and oxygen atoms in total. The van der Waals surface area contributed by atoms with Gasteiger partial charge in [0.1, 0.15) is 0 Å². The van der Waals surface area contributed by atoms with Crippen molar-refractivity contribution in [2.75, 3.05) is 26.7 Å². The molecule has 136 valence electrons. The van der Waals surface area contributed by atoms with Crippen molar-refractivity contribution in [1.82, 2.24) is 9.80 Å². The maximum absolute atomic E-state index is 12.7. The van der Waals surface area contributed by atoms with Gasteiger partial charge >= 0.3 is 0 Å². The number of piperidine rings is 2. The van der Waals surface area contributed by atoms with E-state index in [0.717, 1.165) is 56.4 Å². The predicted molar refractivity (Wildman–Crippen MR) is 98.0 cm³/mol. The van der Waals surface area contributed by atoms with Crippen LogP contribution in [0.3, 0.4) is 0 Å². The smallest absolute Gasteiger partial charge is 0.235 e. The summed E-state index contributed by atoms with van der Waals surface area (Å²) in [6.45, 7) is 4.42. The second-order valence-electron chi connectivity index (χ2n) is 7.74. The van der Waals surface area contributed by atoms with Crippen molar-refractivity contribution >= 4 is 11.8 Å². The molecule has 0 aromatic heterocycles. The third kappa shape index (κ3) is 3.56. The van der Waals surface area contributed by atoms with E-state index >= 15 is 0 Å². The number of amides is 2. The van der Waals surface area contributed by atoms with Crippen molar-refractivity contribution in [3.8, 4) is 0 Å². The molecule has 1 unspecified atom stereocenters. The Morgan fingerprint density at radius 3 is 2.48 bits per heavy atom. The number of carbonyl (C=O) groups excluding carboxylic acids is 2. The molecule has 1 aromatic carbocycles. The van der Waals surface area contributed by atoms with Gasteiger partial charge in [0.2, 0.25) is 11.8 Å². The first-order valence-electron chi connectivity index (χ1n) is 9.25. The van der Waals surface area contributed by atoms with Crippen molar-refractivity contribution in [2.45, 2.75) is 45.1 Å². The van der Waals surface area contributed by atoms with E-state index < -0.39 is 0 Å². The highest BCUT2D eigenvalue weighted by Crippen LogP contribution is 2.44. The molecule has 2 saturated heterocycles. The molecule has 0 aliphatic carbocycles. The van der Waals surface area contributed by atoms with Crippen molar-refractivity contribution < 1.29 is 9.59 Å². The van der Waals surface area contributed by atoms with Crippen LogP contribution in [0.25, 0.3) is 0 Å². The van der Waals surface area contributed by atoms with Crippen LogP contribution in [0.4, 0.5) is 0 Å². The van der Waals surface area contributed by atoms with Crippen LogP contribution < -0.4 is 5.73 Å². The SMILES string of the molecule is Cc1ccccc1CC(=O)N1CCC2(CCCN(C)C2C(N)=O)CC1. The van der Waals surface area contributed by atoms with Crippen molar-refractivity contribution in [2.24, 2.45) is 11.1 Å². The molecule has 3 rings (SSSR count). The number of nitrogens with zero attached hydrogens (tertiary/aromatic N) is 2. The topological polar surface area (TPSA) is 66.6 Å². The largest absolute Gasteiger partial charge is 0.368 e. The number of hydrogen-bond donors (Lipinski definition) is 1. The van der Waals surface area contributed by atoms with E-state index in [1.807, 2.05) is 43.1 Å². The van der Waals surface area contributed by atoms with E-state index in [-0.39, 0.29) is 23.3 Å². The Morgan fingerprint density at radius 2 is 1.84 bits per heavy atom. The van der Waals surface area contributed by atoms with Crippen molar-refractivity contribution in [3.63, 3.8) is 0 Å². The van der Waals surface area contributed by atoms with Gasteiger partial charge in [0.15, 0.2) is 0 Å². The third-order valence-corrected chi connectivity index (χ3v) is 6.19. The number of nitrogens with two attached hydrogens (primary N) is 1. The lowest BCUT2D eigenvalue weighted by Gasteiger charge is -2.51. The van der Waals surface area contributed by atoms with Crippen LogP contribution in [0.1, 0.15) is 36.8 Å². The number of likely N-dealkylation sites (tertiary alicyclic amines) is 2.